The van der Waals surface area contributed by atoms with Gasteiger partial charge in [-0.2, -0.15) is 0 Å². The molecule has 2 amide bonds. The van der Waals surface area contributed by atoms with E-state index in [2.05, 4.69) is 5.32 Å². The number of rotatable bonds is 4. The van der Waals surface area contributed by atoms with Crippen molar-refractivity contribution in [2.24, 2.45) is 11.5 Å². The quantitative estimate of drug-likeness (QED) is 0.520. The molecular weight excluding hydrogens is 208 g/mol. The van der Waals surface area contributed by atoms with E-state index < -0.39 is 17.9 Å². The number of benzene rings is 1. The maximum Gasteiger partial charge on any atom is 0.250 e. The molecule has 1 aromatic rings. The molecule has 1 rings (SSSR count). The SMILES string of the molecule is CC(Nc1ccc(N)c(C(N)=O)c1)C(N)=O. The molecule has 0 spiro atoms. The van der Waals surface area contributed by atoms with E-state index in [-0.39, 0.29) is 5.56 Å². The Morgan fingerprint density at radius 3 is 2.44 bits per heavy atom. The van der Waals surface area contributed by atoms with Crippen LogP contribution in [0, 0.1) is 0 Å². The minimum atomic E-state index is -0.618. The Hall–Kier alpha value is -2.24. The highest BCUT2D eigenvalue weighted by Gasteiger charge is 2.10. The summed E-state index contributed by atoms with van der Waals surface area (Å²) in [4.78, 5) is 21.8. The molecule has 1 aromatic carbocycles. The van der Waals surface area contributed by atoms with Crippen molar-refractivity contribution in [3.63, 3.8) is 0 Å². The first kappa shape index (κ1) is 11.8. The van der Waals surface area contributed by atoms with Gasteiger partial charge in [-0.3, -0.25) is 9.59 Å². The molecule has 0 saturated heterocycles. The molecule has 0 bridgehead atoms. The van der Waals surface area contributed by atoms with Gasteiger partial charge in [0.25, 0.3) is 5.91 Å². The standard InChI is InChI=1S/C10H14N4O2/c1-5(9(12)15)14-6-2-3-8(11)7(4-6)10(13)16/h2-5,14H,11H2,1H3,(H2,12,15)(H2,13,16). The van der Waals surface area contributed by atoms with Crippen LogP contribution in [-0.4, -0.2) is 17.9 Å². The van der Waals surface area contributed by atoms with Crippen LogP contribution in [0.5, 0.6) is 0 Å². The third kappa shape index (κ3) is 2.63. The molecule has 0 heterocycles. The lowest BCUT2D eigenvalue weighted by molar-refractivity contribution is -0.118. The van der Waals surface area contributed by atoms with Gasteiger partial charge in [0, 0.05) is 11.4 Å². The first-order valence-electron chi connectivity index (χ1n) is 4.67. The molecule has 0 aliphatic rings. The molecule has 0 aliphatic heterocycles. The summed E-state index contributed by atoms with van der Waals surface area (Å²) in [6.45, 7) is 1.61. The molecule has 0 aliphatic carbocycles. The van der Waals surface area contributed by atoms with Crippen molar-refractivity contribution in [3.8, 4) is 0 Å². The second kappa shape index (κ2) is 4.52. The lowest BCUT2D eigenvalue weighted by Gasteiger charge is -2.12. The summed E-state index contributed by atoms with van der Waals surface area (Å²) in [5.41, 5.74) is 16.9. The van der Waals surface area contributed by atoms with Crippen LogP contribution in [0.25, 0.3) is 0 Å². The zero-order valence-corrected chi connectivity index (χ0v) is 8.86. The number of carbonyl (C=O) groups excluding carboxylic acids is 2. The lowest BCUT2D eigenvalue weighted by Crippen LogP contribution is -2.32. The molecule has 7 N–H and O–H groups in total. The van der Waals surface area contributed by atoms with Crippen molar-refractivity contribution in [2.45, 2.75) is 13.0 Å². The maximum atomic E-state index is 11.0. The van der Waals surface area contributed by atoms with Crippen LogP contribution in [0.4, 0.5) is 11.4 Å². The summed E-state index contributed by atoms with van der Waals surface area (Å²) in [7, 11) is 0. The predicted octanol–water partition coefficient (Wildman–Crippen LogP) is -0.347. The molecule has 0 aromatic heterocycles. The highest BCUT2D eigenvalue weighted by Crippen LogP contribution is 2.17. The summed E-state index contributed by atoms with van der Waals surface area (Å²) in [6.07, 6.45) is 0. The minimum Gasteiger partial charge on any atom is -0.398 e. The molecule has 1 unspecified atom stereocenters. The Morgan fingerprint density at radius 1 is 1.31 bits per heavy atom. The summed E-state index contributed by atoms with van der Waals surface area (Å²) in [6, 6.07) is 4.12. The van der Waals surface area contributed by atoms with Crippen molar-refractivity contribution in [1.82, 2.24) is 0 Å². The first-order valence-corrected chi connectivity index (χ1v) is 4.67. The minimum absolute atomic E-state index is 0.210. The normalized spacial score (nSPS) is 11.8. The Bertz CT molecular complexity index is 431. The van der Waals surface area contributed by atoms with Gasteiger partial charge in [0.05, 0.1) is 5.56 Å². The number of nitrogens with two attached hydrogens (primary N) is 3. The van der Waals surface area contributed by atoms with Gasteiger partial charge in [-0.25, -0.2) is 0 Å². The zero-order valence-electron chi connectivity index (χ0n) is 8.86. The zero-order chi connectivity index (χ0) is 12.3. The fraction of sp³-hybridized carbons (Fsp3) is 0.200. The maximum absolute atomic E-state index is 11.0. The number of hydrogen-bond donors (Lipinski definition) is 4. The van der Waals surface area contributed by atoms with E-state index in [1.165, 1.54) is 12.1 Å². The van der Waals surface area contributed by atoms with E-state index in [1.807, 2.05) is 0 Å². The monoisotopic (exact) mass is 222 g/mol. The molecule has 86 valence electrons. The molecule has 0 radical (unpaired) electrons. The third-order valence-electron chi connectivity index (χ3n) is 2.13. The number of nitrogens with one attached hydrogen (secondary N) is 1. The second-order valence-corrected chi connectivity index (χ2v) is 3.43. The Kier molecular flexibility index (Phi) is 3.34. The number of carbonyl (C=O) groups is 2. The topological polar surface area (TPSA) is 124 Å². The van der Waals surface area contributed by atoms with Crippen LogP contribution in [0.15, 0.2) is 18.2 Å². The predicted molar refractivity (Wildman–Crippen MR) is 61.7 cm³/mol. The summed E-state index contributed by atoms with van der Waals surface area (Å²) >= 11 is 0. The fourth-order valence-electron chi connectivity index (χ4n) is 1.18. The van der Waals surface area contributed by atoms with Gasteiger partial charge in [0.15, 0.2) is 0 Å². The Balaban J connectivity index is 2.95. The van der Waals surface area contributed by atoms with E-state index >= 15 is 0 Å². The van der Waals surface area contributed by atoms with Crippen LogP contribution >= 0.6 is 0 Å². The number of primary amides is 2. The van der Waals surface area contributed by atoms with Crippen molar-refractivity contribution in [3.05, 3.63) is 23.8 Å². The lowest BCUT2D eigenvalue weighted by atomic mass is 10.1. The smallest absolute Gasteiger partial charge is 0.250 e. The van der Waals surface area contributed by atoms with E-state index in [1.54, 1.807) is 13.0 Å². The van der Waals surface area contributed by atoms with E-state index in [9.17, 15) is 9.59 Å². The molecule has 0 fully saturated rings. The van der Waals surface area contributed by atoms with Crippen LogP contribution in [0.3, 0.4) is 0 Å². The van der Waals surface area contributed by atoms with Crippen molar-refractivity contribution in [1.29, 1.82) is 0 Å². The highest BCUT2D eigenvalue weighted by molar-refractivity contribution is 5.99. The summed E-state index contributed by atoms with van der Waals surface area (Å²) < 4.78 is 0. The average molecular weight is 222 g/mol. The molecule has 6 nitrogen and oxygen atoms in total. The van der Waals surface area contributed by atoms with E-state index in [0.717, 1.165) is 0 Å². The number of hydrogen-bond acceptors (Lipinski definition) is 4. The third-order valence-corrected chi connectivity index (χ3v) is 2.13. The number of amides is 2. The second-order valence-electron chi connectivity index (χ2n) is 3.43. The van der Waals surface area contributed by atoms with Crippen LogP contribution in [0.1, 0.15) is 17.3 Å². The van der Waals surface area contributed by atoms with Gasteiger partial charge in [0.1, 0.15) is 6.04 Å². The Morgan fingerprint density at radius 2 is 1.94 bits per heavy atom. The Labute approximate surface area is 92.8 Å². The van der Waals surface area contributed by atoms with Crippen LogP contribution in [0.2, 0.25) is 0 Å². The van der Waals surface area contributed by atoms with E-state index in [4.69, 9.17) is 17.2 Å². The van der Waals surface area contributed by atoms with E-state index in [0.29, 0.717) is 11.4 Å². The van der Waals surface area contributed by atoms with Crippen molar-refractivity contribution < 1.29 is 9.59 Å². The van der Waals surface area contributed by atoms with Gasteiger partial charge in [-0.15, -0.1) is 0 Å². The fourth-order valence-corrected chi connectivity index (χ4v) is 1.18. The molecular formula is C10H14N4O2. The molecule has 6 heteroatoms. The summed E-state index contributed by atoms with van der Waals surface area (Å²) in [5, 5.41) is 2.83. The molecule has 0 saturated carbocycles. The molecule has 16 heavy (non-hydrogen) atoms. The molecule has 1 atom stereocenters. The largest absolute Gasteiger partial charge is 0.398 e. The van der Waals surface area contributed by atoms with Gasteiger partial charge in [-0.1, -0.05) is 0 Å². The van der Waals surface area contributed by atoms with Gasteiger partial charge in [0.2, 0.25) is 5.91 Å². The highest BCUT2D eigenvalue weighted by atomic mass is 16.1. The number of nitrogen functional groups attached to an aromatic ring is 1. The number of anilines is 2. The van der Waals surface area contributed by atoms with Crippen LogP contribution in [-0.2, 0) is 4.79 Å². The van der Waals surface area contributed by atoms with Crippen molar-refractivity contribution in [2.75, 3.05) is 11.1 Å². The van der Waals surface area contributed by atoms with Crippen LogP contribution < -0.4 is 22.5 Å². The van der Waals surface area contributed by atoms with Gasteiger partial charge >= 0.3 is 0 Å². The van der Waals surface area contributed by atoms with Gasteiger partial charge in [-0.05, 0) is 25.1 Å². The average Bonchev–Trinajstić information content (AvgIpc) is 2.20. The van der Waals surface area contributed by atoms with Crippen molar-refractivity contribution >= 4 is 23.2 Å². The summed E-state index contributed by atoms with van der Waals surface area (Å²) in [5.74, 6) is -1.11. The van der Waals surface area contributed by atoms with Gasteiger partial charge < -0.3 is 22.5 Å². The first-order chi connectivity index (χ1) is 7.41.